The largest absolute Gasteiger partial charge is 0.356 e. The molecule has 1 atom stereocenters. The maximum Gasteiger partial charge on any atom is 0.128 e. The lowest BCUT2D eigenvalue weighted by Gasteiger charge is -2.18. The van der Waals surface area contributed by atoms with Crippen molar-refractivity contribution in [2.24, 2.45) is 5.92 Å². The van der Waals surface area contributed by atoms with Crippen LogP contribution in [0.2, 0.25) is 5.02 Å². The van der Waals surface area contributed by atoms with E-state index in [9.17, 15) is 0 Å². The highest BCUT2D eigenvalue weighted by Crippen LogP contribution is 2.25. The molecule has 0 aromatic carbocycles. The molecule has 1 fully saturated rings. The molecular formula is C12H18ClN3. The van der Waals surface area contributed by atoms with E-state index in [1.807, 2.05) is 7.05 Å². The molecule has 1 saturated heterocycles. The van der Waals surface area contributed by atoms with Gasteiger partial charge in [-0.15, -0.1) is 0 Å². The molecule has 1 aromatic rings. The third-order valence-corrected chi connectivity index (χ3v) is 3.38. The van der Waals surface area contributed by atoms with E-state index in [1.54, 1.807) is 6.20 Å². The normalized spacial score (nSPS) is 20.4. The fourth-order valence-corrected chi connectivity index (χ4v) is 2.28. The lowest BCUT2D eigenvalue weighted by Crippen LogP contribution is -2.20. The van der Waals surface area contributed by atoms with Crippen LogP contribution in [0.25, 0.3) is 0 Å². The summed E-state index contributed by atoms with van der Waals surface area (Å²) in [5, 5.41) is 3.86. The average Bonchev–Trinajstić information content (AvgIpc) is 2.69. The van der Waals surface area contributed by atoms with Gasteiger partial charge in [-0.3, -0.25) is 0 Å². The minimum absolute atomic E-state index is 0.741. The molecule has 2 rings (SSSR count). The number of nitrogens with one attached hydrogen (secondary N) is 1. The second kappa shape index (κ2) is 5.02. The van der Waals surface area contributed by atoms with E-state index in [1.165, 1.54) is 6.42 Å². The van der Waals surface area contributed by atoms with Crippen LogP contribution < -0.4 is 10.2 Å². The van der Waals surface area contributed by atoms with Gasteiger partial charge in [-0.2, -0.15) is 0 Å². The Kier molecular flexibility index (Phi) is 3.66. The van der Waals surface area contributed by atoms with Crippen molar-refractivity contribution >= 4 is 17.4 Å². The van der Waals surface area contributed by atoms with Crippen molar-refractivity contribution in [3.63, 3.8) is 0 Å². The second-order valence-electron chi connectivity index (χ2n) is 4.50. The van der Waals surface area contributed by atoms with Gasteiger partial charge in [0, 0.05) is 25.8 Å². The first-order valence-electron chi connectivity index (χ1n) is 5.74. The third-order valence-electron chi connectivity index (χ3n) is 3.04. The molecule has 16 heavy (non-hydrogen) atoms. The molecule has 0 amide bonds. The summed E-state index contributed by atoms with van der Waals surface area (Å²) in [6, 6.07) is 2.09. The summed E-state index contributed by atoms with van der Waals surface area (Å²) >= 11 is 6.09. The number of nitrogens with zero attached hydrogens (tertiary/aromatic N) is 2. The molecule has 1 N–H and O–H groups in total. The van der Waals surface area contributed by atoms with Crippen molar-refractivity contribution in [3.05, 3.63) is 22.8 Å². The zero-order valence-corrected chi connectivity index (χ0v) is 10.6. The van der Waals surface area contributed by atoms with Crippen LogP contribution in [0, 0.1) is 5.92 Å². The molecular weight excluding hydrogens is 222 g/mol. The molecule has 4 heteroatoms. The number of aromatic nitrogens is 1. The van der Waals surface area contributed by atoms with Gasteiger partial charge in [0.2, 0.25) is 0 Å². The maximum atomic E-state index is 6.09. The number of halogens is 1. The van der Waals surface area contributed by atoms with E-state index in [0.29, 0.717) is 0 Å². The summed E-state index contributed by atoms with van der Waals surface area (Å²) < 4.78 is 0. The number of hydrogen-bond donors (Lipinski definition) is 1. The molecule has 0 saturated carbocycles. The van der Waals surface area contributed by atoms with Crippen molar-refractivity contribution in [1.29, 1.82) is 0 Å². The molecule has 1 aliphatic heterocycles. The molecule has 2 heterocycles. The van der Waals surface area contributed by atoms with E-state index in [0.717, 1.165) is 42.0 Å². The molecule has 88 valence electrons. The Labute approximate surface area is 102 Å². The number of anilines is 1. The van der Waals surface area contributed by atoms with Crippen molar-refractivity contribution in [3.8, 4) is 0 Å². The minimum Gasteiger partial charge on any atom is -0.356 e. The zero-order valence-electron chi connectivity index (χ0n) is 9.83. The van der Waals surface area contributed by atoms with Crippen LogP contribution in [0.5, 0.6) is 0 Å². The Morgan fingerprint density at radius 3 is 3.06 bits per heavy atom. The van der Waals surface area contributed by atoms with Crippen molar-refractivity contribution in [1.82, 2.24) is 10.3 Å². The summed E-state index contributed by atoms with van der Waals surface area (Å²) in [5.41, 5.74) is 1.12. The van der Waals surface area contributed by atoms with Gasteiger partial charge in [-0.1, -0.05) is 18.5 Å². The number of pyridine rings is 1. The first-order chi connectivity index (χ1) is 7.70. The van der Waals surface area contributed by atoms with Crippen LogP contribution in [0.1, 0.15) is 18.9 Å². The van der Waals surface area contributed by atoms with E-state index >= 15 is 0 Å². The van der Waals surface area contributed by atoms with E-state index < -0.39 is 0 Å². The Hall–Kier alpha value is -0.800. The van der Waals surface area contributed by atoms with Crippen LogP contribution in [0.3, 0.4) is 0 Å². The van der Waals surface area contributed by atoms with Gasteiger partial charge in [-0.05, 0) is 31.0 Å². The van der Waals surface area contributed by atoms with E-state index in [4.69, 9.17) is 11.6 Å². The quantitative estimate of drug-likeness (QED) is 0.878. The Balaban J connectivity index is 2.18. The zero-order chi connectivity index (χ0) is 11.5. The van der Waals surface area contributed by atoms with Crippen LogP contribution in [0.15, 0.2) is 12.3 Å². The van der Waals surface area contributed by atoms with Gasteiger partial charge in [-0.25, -0.2) is 4.98 Å². The van der Waals surface area contributed by atoms with Gasteiger partial charge in [0.15, 0.2) is 0 Å². The van der Waals surface area contributed by atoms with Crippen molar-refractivity contribution in [2.75, 3.05) is 25.0 Å². The molecule has 0 spiro atoms. The lowest BCUT2D eigenvalue weighted by atomic mass is 10.2. The topological polar surface area (TPSA) is 28.2 Å². The molecule has 0 aliphatic carbocycles. The number of rotatable bonds is 3. The van der Waals surface area contributed by atoms with E-state index in [-0.39, 0.29) is 0 Å². The highest BCUT2D eigenvalue weighted by Gasteiger charge is 2.20. The monoisotopic (exact) mass is 239 g/mol. The Bertz CT molecular complexity index is 367. The van der Waals surface area contributed by atoms with Crippen LogP contribution in [0.4, 0.5) is 5.82 Å². The van der Waals surface area contributed by atoms with Crippen LogP contribution >= 0.6 is 11.6 Å². The van der Waals surface area contributed by atoms with Gasteiger partial charge in [0.1, 0.15) is 5.82 Å². The molecule has 3 nitrogen and oxygen atoms in total. The van der Waals surface area contributed by atoms with Crippen molar-refractivity contribution in [2.45, 2.75) is 19.9 Å². The summed E-state index contributed by atoms with van der Waals surface area (Å²) in [4.78, 5) is 6.74. The van der Waals surface area contributed by atoms with Gasteiger partial charge >= 0.3 is 0 Å². The average molecular weight is 240 g/mol. The van der Waals surface area contributed by atoms with Crippen molar-refractivity contribution < 1.29 is 0 Å². The molecule has 1 aliphatic rings. The standard InChI is InChI=1S/C12H18ClN3/c1-9-3-4-16(8-9)12-5-10(6-14-2)11(13)7-15-12/h5,7,9,14H,3-4,6,8H2,1-2H3. The fraction of sp³-hybridized carbons (Fsp3) is 0.583. The Morgan fingerprint density at radius 2 is 2.44 bits per heavy atom. The van der Waals surface area contributed by atoms with Gasteiger partial charge < -0.3 is 10.2 Å². The molecule has 1 aromatic heterocycles. The van der Waals surface area contributed by atoms with E-state index in [2.05, 4.69) is 28.2 Å². The van der Waals surface area contributed by atoms with Gasteiger partial charge in [0.05, 0.1) is 5.02 Å². The summed E-state index contributed by atoms with van der Waals surface area (Å²) in [7, 11) is 1.92. The molecule has 1 unspecified atom stereocenters. The second-order valence-corrected chi connectivity index (χ2v) is 4.91. The minimum atomic E-state index is 0.741. The Morgan fingerprint density at radius 1 is 1.62 bits per heavy atom. The first-order valence-corrected chi connectivity index (χ1v) is 6.12. The van der Waals surface area contributed by atoms with Crippen LogP contribution in [-0.2, 0) is 6.54 Å². The number of hydrogen-bond acceptors (Lipinski definition) is 3. The molecule has 0 radical (unpaired) electrons. The maximum absolute atomic E-state index is 6.09. The summed E-state index contributed by atoms with van der Waals surface area (Å²) in [6.07, 6.45) is 3.01. The smallest absolute Gasteiger partial charge is 0.128 e. The van der Waals surface area contributed by atoms with Crippen LogP contribution in [-0.4, -0.2) is 25.1 Å². The summed E-state index contributed by atoms with van der Waals surface area (Å²) in [6.45, 7) is 5.28. The SMILES string of the molecule is CNCc1cc(N2CCC(C)C2)ncc1Cl. The lowest BCUT2D eigenvalue weighted by molar-refractivity contribution is 0.659. The predicted molar refractivity (Wildman–Crippen MR) is 68.0 cm³/mol. The third kappa shape index (κ3) is 2.47. The van der Waals surface area contributed by atoms with Gasteiger partial charge in [0.25, 0.3) is 0 Å². The first kappa shape index (κ1) is 11.7. The fourth-order valence-electron chi connectivity index (χ4n) is 2.11. The molecule has 0 bridgehead atoms. The highest BCUT2D eigenvalue weighted by molar-refractivity contribution is 6.31. The predicted octanol–water partition coefficient (Wildman–Crippen LogP) is 2.30. The highest BCUT2D eigenvalue weighted by atomic mass is 35.5. The summed E-state index contributed by atoms with van der Waals surface area (Å²) in [5.74, 6) is 1.82.